The van der Waals surface area contributed by atoms with E-state index in [-0.39, 0.29) is 18.4 Å². The van der Waals surface area contributed by atoms with Crippen molar-refractivity contribution in [2.45, 2.75) is 6.92 Å². The third-order valence-electron chi connectivity index (χ3n) is 2.90. The van der Waals surface area contributed by atoms with Crippen molar-refractivity contribution in [2.75, 3.05) is 18.9 Å². The van der Waals surface area contributed by atoms with Gasteiger partial charge >= 0.3 is 5.97 Å². The summed E-state index contributed by atoms with van der Waals surface area (Å²) in [6.45, 7) is 1.24. The molecule has 0 fully saturated rings. The number of benzene rings is 1. The zero-order chi connectivity index (χ0) is 17.7. The van der Waals surface area contributed by atoms with E-state index in [1.807, 2.05) is 0 Å². The normalized spacial score (nSPS) is 10.1. The van der Waals surface area contributed by atoms with Crippen LogP contribution in [-0.4, -0.2) is 36.3 Å². The van der Waals surface area contributed by atoms with Crippen LogP contribution in [0.2, 0.25) is 0 Å². The second kappa shape index (κ2) is 8.07. The number of esters is 1. The summed E-state index contributed by atoms with van der Waals surface area (Å²) in [6, 6.07) is 9.87. The maximum absolute atomic E-state index is 12.2. The van der Waals surface area contributed by atoms with Gasteiger partial charge in [-0.15, -0.1) is 11.3 Å². The molecule has 1 heterocycles. The predicted octanol–water partition coefficient (Wildman–Crippen LogP) is 3.15. The molecule has 1 N–H and O–H groups in total. The van der Waals surface area contributed by atoms with E-state index < -0.39 is 5.97 Å². The topological polar surface area (TPSA) is 75.7 Å². The van der Waals surface area contributed by atoms with Crippen molar-refractivity contribution in [2.24, 2.45) is 0 Å². The van der Waals surface area contributed by atoms with Crippen molar-refractivity contribution < 1.29 is 19.1 Å². The van der Waals surface area contributed by atoms with E-state index in [0.29, 0.717) is 16.3 Å². The highest BCUT2D eigenvalue weighted by Crippen LogP contribution is 2.23. The zero-order valence-electron chi connectivity index (χ0n) is 13.0. The molecule has 1 aromatic heterocycles. The van der Waals surface area contributed by atoms with Crippen LogP contribution in [0.4, 0.5) is 5.69 Å². The molecule has 2 aromatic rings. The number of amides is 2. The minimum atomic E-state index is -0.547. The van der Waals surface area contributed by atoms with Gasteiger partial charge in [-0.3, -0.25) is 9.59 Å². The molecule has 0 spiro atoms. The van der Waals surface area contributed by atoms with E-state index in [4.69, 9.17) is 4.74 Å². The highest BCUT2D eigenvalue weighted by atomic mass is 79.9. The molecule has 0 saturated carbocycles. The molecule has 0 atom stereocenters. The van der Waals surface area contributed by atoms with Crippen LogP contribution < -0.4 is 10.1 Å². The Morgan fingerprint density at radius 2 is 1.83 bits per heavy atom. The summed E-state index contributed by atoms with van der Waals surface area (Å²) in [6.07, 6.45) is 0. The van der Waals surface area contributed by atoms with Gasteiger partial charge in [0.15, 0.2) is 0 Å². The van der Waals surface area contributed by atoms with Crippen LogP contribution in [-0.2, 0) is 9.59 Å². The fraction of sp³-hybridized carbons (Fsp3) is 0.188. The van der Waals surface area contributed by atoms with Gasteiger partial charge in [-0.25, -0.2) is 4.79 Å². The number of carbonyl (C=O) groups is 3. The molecule has 126 valence electrons. The number of nitrogens with one attached hydrogen (secondary N) is 1. The maximum atomic E-state index is 12.2. The second-order valence-corrected chi connectivity index (χ2v) is 7.41. The summed E-state index contributed by atoms with van der Waals surface area (Å²) >= 11 is 4.60. The summed E-state index contributed by atoms with van der Waals surface area (Å²) < 4.78 is 6.03. The lowest BCUT2D eigenvalue weighted by Gasteiger charge is -2.15. The van der Waals surface area contributed by atoms with Crippen molar-refractivity contribution in [3.05, 3.63) is 45.1 Å². The highest BCUT2D eigenvalue weighted by Gasteiger charge is 2.17. The van der Waals surface area contributed by atoms with Gasteiger partial charge in [0.05, 0.1) is 8.66 Å². The number of nitrogens with zero attached hydrogens (tertiary/aromatic N) is 1. The molecule has 0 saturated heterocycles. The molecule has 0 bridgehead atoms. The van der Waals surface area contributed by atoms with Crippen molar-refractivity contribution in [3.63, 3.8) is 0 Å². The van der Waals surface area contributed by atoms with Crippen molar-refractivity contribution in [1.29, 1.82) is 0 Å². The maximum Gasteiger partial charge on any atom is 0.331 e. The molecule has 1 aromatic carbocycles. The minimum absolute atomic E-state index is 0.165. The van der Waals surface area contributed by atoms with Gasteiger partial charge in [0, 0.05) is 19.7 Å². The monoisotopic (exact) mass is 410 g/mol. The number of rotatable bonds is 5. The molecule has 2 amide bonds. The van der Waals surface area contributed by atoms with Crippen molar-refractivity contribution in [3.8, 4) is 5.75 Å². The summed E-state index contributed by atoms with van der Waals surface area (Å²) in [5, 5.41) is 2.62. The average Bonchev–Trinajstić information content (AvgIpc) is 2.94. The van der Waals surface area contributed by atoms with Gasteiger partial charge < -0.3 is 15.0 Å². The van der Waals surface area contributed by atoms with E-state index in [2.05, 4.69) is 21.2 Å². The van der Waals surface area contributed by atoms with Crippen LogP contribution in [0.1, 0.15) is 16.6 Å². The molecule has 8 heteroatoms. The van der Waals surface area contributed by atoms with Gasteiger partial charge in [0.1, 0.15) is 12.3 Å². The molecule has 24 heavy (non-hydrogen) atoms. The molecule has 0 unspecified atom stereocenters. The number of ether oxygens (including phenoxy) is 1. The first-order valence-electron chi connectivity index (χ1n) is 6.94. The highest BCUT2D eigenvalue weighted by molar-refractivity contribution is 9.11. The Hall–Kier alpha value is -2.19. The summed E-state index contributed by atoms with van der Waals surface area (Å²) in [7, 11) is 1.54. The molecular weight excluding hydrogens is 396 g/mol. The SMILES string of the molecule is CC(=O)Nc1ccc(OC(=O)CN(C)C(=O)c2ccc(Br)s2)cc1. The van der Waals surface area contributed by atoms with Gasteiger partial charge in [-0.1, -0.05) is 0 Å². The molecule has 6 nitrogen and oxygen atoms in total. The van der Waals surface area contributed by atoms with Gasteiger partial charge in [0.25, 0.3) is 5.91 Å². The minimum Gasteiger partial charge on any atom is -0.425 e. The fourth-order valence-electron chi connectivity index (χ4n) is 1.86. The lowest BCUT2D eigenvalue weighted by Crippen LogP contribution is -2.33. The first-order valence-corrected chi connectivity index (χ1v) is 8.55. The fourth-order valence-corrected chi connectivity index (χ4v) is 3.24. The molecule has 0 aliphatic heterocycles. The van der Waals surface area contributed by atoms with Crippen LogP contribution in [0.5, 0.6) is 5.75 Å². The van der Waals surface area contributed by atoms with E-state index in [0.717, 1.165) is 3.79 Å². The Bertz CT molecular complexity index is 758. The first kappa shape index (κ1) is 18.2. The van der Waals surface area contributed by atoms with Crippen LogP contribution in [0, 0.1) is 0 Å². The quantitative estimate of drug-likeness (QED) is 0.606. The van der Waals surface area contributed by atoms with E-state index >= 15 is 0 Å². The lowest BCUT2D eigenvalue weighted by atomic mass is 10.3. The largest absolute Gasteiger partial charge is 0.425 e. The second-order valence-electron chi connectivity index (χ2n) is 4.94. The smallest absolute Gasteiger partial charge is 0.331 e. The van der Waals surface area contributed by atoms with Gasteiger partial charge in [-0.2, -0.15) is 0 Å². The third kappa shape index (κ3) is 5.17. The van der Waals surface area contributed by atoms with Crippen LogP contribution in [0.3, 0.4) is 0 Å². The Kier molecular flexibility index (Phi) is 6.10. The molecular formula is C16H15BrN2O4S. The summed E-state index contributed by atoms with van der Waals surface area (Å²) in [5.41, 5.74) is 0.609. The number of hydrogen-bond acceptors (Lipinski definition) is 5. The van der Waals surface area contributed by atoms with E-state index in [1.54, 1.807) is 36.4 Å². The Morgan fingerprint density at radius 3 is 2.38 bits per heavy atom. The lowest BCUT2D eigenvalue weighted by molar-refractivity contribution is -0.134. The average molecular weight is 411 g/mol. The van der Waals surface area contributed by atoms with Crippen LogP contribution in [0.15, 0.2) is 40.2 Å². The van der Waals surface area contributed by atoms with E-state index in [9.17, 15) is 14.4 Å². The van der Waals surface area contributed by atoms with Gasteiger partial charge in [0.2, 0.25) is 5.91 Å². The number of thiophene rings is 1. The summed E-state index contributed by atoms with van der Waals surface area (Å²) in [5.74, 6) is -0.633. The van der Waals surface area contributed by atoms with Crippen LogP contribution in [0.25, 0.3) is 0 Å². The summed E-state index contributed by atoms with van der Waals surface area (Å²) in [4.78, 5) is 36.9. The first-order chi connectivity index (χ1) is 11.3. The standard InChI is InChI=1S/C16H15BrN2O4S/c1-10(20)18-11-3-5-12(6-4-11)23-15(21)9-19(2)16(22)13-7-8-14(17)24-13/h3-8H,9H2,1-2H3,(H,18,20). The van der Waals surface area contributed by atoms with E-state index in [1.165, 1.54) is 30.2 Å². The number of likely N-dealkylation sites (N-methyl/N-ethyl adjacent to an activating group) is 1. The number of carbonyl (C=O) groups excluding carboxylic acids is 3. The Balaban J connectivity index is 1.90. The zero-order valence-corrected chi connectivity index (χ0v) is 15.4. The van der Waals surface area contributed by atoms with Crippen molar-refractivity contribution >= 4 is 50.7 Å². The molecule has 2 rings (SSSR count). The number of hydrogen-bond donors (Lipinski definition) is 1. The number of halogens is 1. The van der Waals surface area contributed by atoms with Gasteiger partial charge in [-0.05, 0) is 52.3 Å². The predicted molar refractivity (Wildman–Crippen MR) is 95.4 cm³/mol. The molecule has 0 aliphatic rings. The third-order valence-corrected chi connectivity index (χ3v) is 4.51. The Morgan fingerprint density at radius 1 is 1.17 bits per heavy atom. The van der Waals surface area contributed by atoms with Crippen LogP contribution >= 0.6 is 27.3 Å². The Labute approximate surface area is 151 Å². The number of anilines is 1. The molecule has 0 radical (unpaired) electrons. The van der Waals surface area contributed by atoms with Crippen molar-refractivity contribution in [1.82, 2.24) is 4.90 Å². The molecule has 0 aliphatic carbocycles.